The van der Waals surface area contributed by atoms with Crippen LogP contribution in [0.2, 0.25) is 0 Å². The second kappa shape index (κ2) is 6.25. The van der Waals surface area contributed by atoms with Gasteiger partial charge in [-0.1, -0.05) is 29.5 Å². The van der Waals surface area contributed by atoms with E-state index in [1.54, 1.807) is 6.20 Å². The Bertz CT molecular complexity index is 658. The maximum absolute atomic E-state index is 4.29. The molecule has 0 atom stereocenters. The molecule has 0 aliphatic carbocycles. The number of nitrogens with zero attached hydrogens (tertiary/aromatic N) is 4. The minimum atomic E-state index is 0.839. The van der Waals surface area contributed by atoms with Crippen molar-refractivity contribution in [2.45, 2.75) is 19.5 Å². The average molecular weight is 267 g/mol. The summed E-state index contributed by atoms with van der Waals surface area (Å²) in [5.74, 6) is 0. The van der Waals surface area contributed by atoms with Crippen LogP contribution in [0, 0.1) is 0 Å². The van der Waals surface area contributed by atoms with Crippen molar-refractivity contribution in [1.29, 1.82) is 0 Å². The van der Waals surface area contributed by atoms with E-state index in [9.17, 15) is 0 Å². The quantitative estimate of drug-likeness (QED) is 0.694. The summed E-state index contributed by atoms with van der Waals surface area (Å²) in [6.07, 6.45) is 8.46. The topological polar surface area (TPSA) is 55.6 Å². The van der Waals surface area contributed by atoms with E-state index >= 15 is 0 Å². The van der Waals surface area contributed by atoms with Crippen molar-refractivity contribution in [3.8, 4) is 0 Å². The predicted octanol–water partition coefficient (Wildman–Crippen LogP) is 2.01. The Morgan fingerprint density at radius 1 is 1.15 bits per heavy atom. The number of hydrogen-bond acceptors (Lipinski definition) is 4. The standard InChI is InChI=1S/C15H17N5/c1-2-5-15-13(4-1)10-17-12-14(15)11-16-6-3-8-20-9-7-18-19-20/h1-2,4-5,7,9-10,12,16H,3,6,8,11H2. The molecule has 2 aromatic heterocycles. The molecule has 1 N–H and O–H groups in total. The minimum Gasteiger partial charge on any atom is -0.313 e. The first-order chi connectivity index (χ1) is 9.93. The molecule has 5 nitrogen and oxygen atoms in total. The van der Waals surface area contributed by atoms with Crippen molar-refractivity contribution in [2.75, 3.05) is 6.54 Å². The van der Waals surface area contributed by atoms with E-state index in [2.05, 4.69) is 38.8 Å². The molecule has 20 heavy (non-hydrogen) atoms. The molecule has 0 spiro atoms. The second-order valence-electron chi connectivity index (χ2n) is 4.72. The van der Waals surface area contributed by atoms with E-state index in [0.717, 1.165) is 26.1 Å². The van der Waals surface area contributed by atoms with E-state index in [4.69, 9.17) is 0 Å². The van der Waals surface area contributed by atoms with Gasteiger partial charge in [-0.15, -0.1) is 5.10 Å². The highest BCUT2D eigenvalue weighted by Crippen LogP contribution is 2.16. The highest BCUT2D eigenvalue weighted by molar-refractivity contribution is 5.84. The molecule has 0 aliphatic heterocycles. The molecule has 5 heteroatoms. The van der Waals surface area contributed by atoms with Gasteiger partial charge in [0.2, 0.25) is 0 Å². The highest BCUT2D eigenvalue weighted by Gasteiger charge is 2.00. The molecular weight excluding hydrogens is 250 g/mol. The molecular formula is C15H17N5. The van der Waals surface area contributed by atoms with Gasteiger partial charge in [0, 0.05) is 37.1 Å². The average Bonchev–Trinajstić information content (AvgIpc) is 3.00. The molecule has 0 radical (unpaired) electrons. The van der Waals surface area contributed by atoms with Crippen molar-refractivity contribution in [3.05, 3.63) is 54.6 Å². The first kappa shape index (κ1) is 12.7. The third-order valence-corrected chi connectivity index (χ3v) is 3.28. The third-order valence-electron chi connectivity index (χ3n) is 3.28. The lowest BCUT2D eigenvalue weighted by Crippen LogP contribution is -2.17. The number of aryl methyl sites for hydroxylation is 1. The Kier molecular flexibility index (Phi) is 3.99. The van der Waals surface area contributed by atoms with Gasteiger partial charge in [-0.25, -0.2) is 0 Å². The van der Waals surface area contributed by atoms with Crippen molar-refractivity contribution in [3.63, 3.8) is 0 Å². The predicted molar refractivity (Wildman–Crippen MR) is 78.1 cm³/mol. The van der Waals surface area contributed by atoms with Gasteiger partial charge in [-0.2, -0.15) is 0 Å². The lowest BCUT2D eigenvalue weighted by molar-refractivity contribution is 0.530. The summed E-state index contributed by atoms with van der Waals surface area (Å²) < 4.78 is 1.85. The molecule has 0 bridgehead atoms. The molecule has 102 valence electrons. The van der Waals surface area contributed by atoms with Crippen LogP contribution in [0.15, 0.2) is 49.1 Å². The molecule has 0 unspecified atom stereocenters. The molecule has 0 fully saturated rings. The van der Waals surface area contributed by atoms with E-state index in [-0.39, 0.29) is 0 Å². The summed E-state index contributed by atoms with van der Waals surface area (Å²) in [7, 11) is 0. The number of fused-ring (bicyclic) bond motifs is 1. The number of rotatable bonds is 6. The van der Waals surface area contributed by atoms with Crippen LogP contribution in [-0.4, -0.2) is 26.5 Å². The van der Waals surface area contributed by atoms with Crippen LogP contribution in [0.5, 0.6) is 0 Å². The van der Waals surface area contributed by atoms with Crippen molar-refractivity contribution in [2.24, 2.45) is 0 Å². The van der Waals surface area contributed by atoms with E-state index < -0.39 is 0 Å². The van der Waals surface area contributed by atoms with Crippen LogP contribution in [0.4, 0.5) is 0 Å². The lowest BCUT2D eigenvalue weighted by atomic mass is 10.1. The SMILES string of the molecule is c1ccc2c(CNCCCn3ccnn3)cncc2c1. The molecule has 0 amide bonds. The number of nitrogens with one attached hydrogen (secondary N) is 1. The van der Waals surface area contributed by atoms with Crippen LogP contribution in [0.25, 0.3) is 10.8 Å². The van der Waals surface area contributed by atoms with Crippen LogP contribution in [0.1, 0.15) is 12.0 Å². The fourth-order valence-corrected chi connectivity index (χ4v) is 2.26. The number of pyridine rings is 1. The molecule has 3 aromatic rings. The number of aromatic nitrogens is 4. The Hall–Kier alpha value is -2.27. The van der Waals surface area contributed by atoms with Crippen molar-refractivity contribution < 1.29 is 0 Å². The van der Waals surface area contributed by atoms with Gasteiger partial charge in [-0.3, -0.25) is 9.67 Å². The first-order valence-corrected chi connectivity index (χ1v) is 6.80. The summed E-state index contributed by atoms with van der Waals surface area (Å²) in [6, 6.07) is 8.34. The fraction of sp³-hybridized carbons (Fsp3) is 0.267. The summed E-state index contributed by atoms with van der Waals surface area (Å²) in [5.41, 5.74) is 1.24. The lowest BCUT2D eigenvalue weighted by Gasteiger charge is -2.07. The maximum atomic E-state index is 4.29. The minimum absolute atomic E-state index is 0.839. The van der Waals surface area contributed by atoms with E-state index in [1.807, 2.05) is 29.3 Å². The first-order valence-electron chi connectivity index (χ1n) is 6.80. The Balaban J connectivity index is 1.52. The molecule has 0 aliphatic rings. The molecule has 3 rings (SSSR count). The van der Waals surface area contributed by atoms with Gasteiger partial charge in [0.05, 0.1) is 6.20 Å². The van der Waals surface area contributed by atoms with E-state index in [0.29, 0.717) is 0 Å². The fourth-order valence-electron chi connectivity index (χ4n) is 2.26. The van der Waals surface area contributed by atoms with Crippen LogP contribution < -0.4 is 5.32 Å². The normalized spacial score (nSPS) is 11.0. The monoisotopic (exact) mass is 267 g/mol. The Morgan fingerprint density at radius 3 is 3.00 bits per heavy atom. The number of benzene rings is 1. The second-order valence-corrected chi connectivity index (χ2v) is 4.72. The van der Waals surface area contributed by atoms with Gasteiger partial charge in [0.1, 0.15) is 0 Å². The molecule has 1 aromatic carbocycles. The van der Waals surface area contributed by atoms with Gasteiger partial charge in [0.15, 0.2) is 0 Å². The summed E-state index contributed by atoms with van der Waals surface area (Å²) in [6.45, 7) is 2.68. The van der Waals surface area contributed by atoms with Gasteiger partial charge in [0.25, 0.3) is 0 Å². The van der Waals surface area contributed by atoms with Gasteiger partial charge in [-0.05, 0) is 23.9 Å². The highest BCUT2D eigenvalue weighted by atomic mass is 15.4. The van der Waals surface area contributed by atoms with Crippen molar-refractivity contribution >= 4 is 10.8 Å². The third kappa shape index (κ3) is 3.00. The Morgan fingerprint density at radius 2 is 2.10 bits per heavy atom. The molecule has 0 saturated carbocycles. The summed E-state index contributed by atoms with van der Waals surface area (Å²) in [5, 5.41) is 13.6. The number of hydrogen-bond donors (Lipinski definition) is 1. The zero-order valence-corrected chi connectivity index (χ0v) is 11.2. The smallest absolute Gasteiger partial charge is 0.0692 e. The largest absolute Gasteiger partial charge is 0.313 e. The van der Waals surface area contributed by atoms with Crippen LogP contribution in [0.3, 0.4) is 0 Å². The summed E-state index contributed by atoms with van der Waals surface area (Å²) in [4.78, 5) is 4.29. The van der Waals surface area contributed by atoms with Crippen molar-refractivity contribution in [1.82, 2.24) is 25.3 Å². The van der Waals surface area contributed by atoms with Gasteiger partial charge < -0.3 is 5.32 Å². The zero-order valence-electron chi connectivity index (χ0n) is 11.2. The molecule has 2 heterocycles. The van der Waals surface area contributed by atoms with Crippen LogP contribution in [-0.2, 0) is 13.1 Å². The maximum Gasteiger partial charge on any atom is 0.0692 e. The molecule has 0 saturated heterocycles. The van der Waals surface area contributed by atoms with Gasteiger partial charge >= 0.3 is 0 Å². The van der Waals surface area contributed by atoms with E-state index in [1.165, 1.54) is 16.3 Å². The Labute approximate surface area is 117 Å². The summed E-state index contributed by atoms with van der Waals surface area (Å²) >= 11 is 0. The zero-order chi connectivity index (χ0) is 13.6. The van der Waals surface area contributed by atoms with Crippen LogP contribution >= 0.6 is 0 Å².